The van der Waals surface area contributed by atoms with Crippen molar-refractivity contribution in [3.63, 3.8) is 0 Å². The van der Waals surface area contributed by atoms with Gasteiger partial charge in [0.25, 0.3) is 5.91 Å². The van der Waals surface area contributed by atoms with E-state index >= 15 is 0 Å². The standard InChI is InChI=1S/C16H26N4O2S/c1-17-16-18-14(12-23-16)15(21)20-6-3-2-4-13(20)5-7-19-8-10-22-11-9-19/h12-13H,2-11H2,1H3,(H,17,18). The summed E-state index contributed by atoms with van der Waals surface area (Å²) >= 11 is 1.49. The fourth-order valence-corrected chi connectivity index (χ4v) is 4.00. The number of aromatic nitrogens is 1. The molecule has 1 atom stereocenters. The summed E-state index contributed by atoms with van der Waals surface area (Å²) in [5, 5.41) is 5.67. The van der Waals surface area contributed by atoms with Crippen LogP contribution in [0.1, 0.15) is 36.2 Å². The van der Waals surface area contributed by atoms with E-state index in [4.69, 9.17) is 4.74 Å². The molecule has 0 aromatic carbocycles. The highest BCUT2D eigenvalue weighted by Gasteiger charge is 2.29. The summed E-state index contributed by atoms with van der Waals surface area (Å²) in [7, 11) is 1.83. The van der Waals surface area contributed by atoms with Crippen molar-refractivity contribution >= 4 is 22.4 Å². The Kier molecular flexibility index (Phi) is 5.85. The molecule has 3 rings (SSSR count). The second-order valence-corrected chi connectivity index (χ2v) is 7.04. The highest BCUT2D eigenvalue weighted by molar-refractivity contribution is 7.13. The average molecular weight is 338 g/mol. The number of hydrogen-bond acceptors (Lipinski definition) is 6. The van der Waals surface area contributed by atoms with Crippen LogP contribution in [0, 0.1) is 0 Å². The molecule has 1 amide bonds. The van der Waals surface area contributed by atoms with E-state index in [1.165, 1.54) is 17.8 Å². The lowest BCUT2D eigenvalue weighted by molar-refractivity contribution is 0.0295. The van der Waals surface area contributed by atoms with Crippen LogP contribution in [-0.4, -0.2) is 73.2 Å². The second kappa shape index (κ2) is 8.08. The molecule has 0 spiro atoms. The number of piperidine rings is 1. The monoisotopic (exact) mass is 338 g/mol. The molecule has 2 aliphatic rings. The molecule has 0 aliphatic carbocycles. The number of carbonyl (C=O) groups is 1. The Morgan fingerprint density at radius 2 is 2.22 bits per heavy atom. The largest absolute Gasteiger partial charge is 0.379 e. The molecule has 23 heavy (non-hydrogen) atoms. The Morgan fingerprint density at radius 3 is 2.96 bits per heavy atom. The Balaban J connectivity index is 1.59. The molecule has 7 heteroatoms. The highest BCUT2D eigenvalue weighted by atomic mass is 32.1. The molecule has 0 saturated carbocycles. The van der Waals surface area contributed by atoms with Gasteiger partial charge in [-0.15, -0.1) is 11.3 Å². The topological polar surface area (TPSA) is 57.7 Å². The van der Waals surface area contributed by atoms with Crippen molar-refractivity contribution in [3.8, 4) is 0 Å². The van der Waals surface area contributed by atoms with E-state index in [1.54, 1.807) is 0 Å². The Labute approximate surface area is 141 Å². The number of anilines is 1. The smallest absolute Gasteiger partial charge is 0.273 e. The number of likely N-dealkylation sites (tertiary alicyclic amines) is 1. The van der Waals surface area contributed by atoms with Crippen molar-refractivity contribution in [2.45, 2.75) is 31.7 Å². The van der Waals surface area contributed by atoms with Crippen LogP contribution in [0.4, 0.5) is 5.13 Å². The van der Waals surface area contributed by atoms with Crippen molar-refractivity contribution < 1.29 is 9.53 Å². The maximum atomic E-state index is 12.8. The van der Waals surface area contributed by atoms with Crippen molar-refractivity contribution in [2.75, 3.05) is 51.8 Å². The lowest BCUT2D eigenvalue weighted by Gasteiger charge is -2.37. The molecule has 0 radical (unpaired) electrons. The molecular formula is C16H26N4O2S. The Hall–Kier alpha value is -1.18. The molecule has 2 fully saturated rings. The zero-order valence-electron chi connectivity index (χ0n) is 13.8. The van der Waals surface area contributed by atoms with Gasteiger partial charge >= 0.3 is 0 Å². The summed E-state index contributed by atoms with van der Waals surface area (Å²) in [5.41, 5.74) is 0.581. The molecule has 2 aliphatic heterocycles. The van der Waals surface area contributed by atoms with Gasteiger partial charge in [-0.25, -0.2) is 4.98 Å². The third-order valence-electron chi connectivity index (χ3n) is 4.71. The molecule has 0 bridgehead atoms. The van der Waals surface area contributed by atoms with Crippen molar-refractivity contribution in [3.05, 3.63) is 11.1 Å². The highest BCUT2D eigenvalue weighted by Crippen LogP contribution is 2.24. The SMILES string of the molecule is CNc1nc(C(=O)N2CCCCC2CCN2CCOCC2)cs1. The number of thiazole rings is 1. The minimum atomic E-state index is 0.0921. The number of morpholine rings is 1. The van der Waals surface area contributed by atoms with E-state index in [2.05, 4.69) is 20.1 Å². The zero-order valence-corrected chi connectivity index (χ0v) is 14.6. The zero-order chi connectivity index (χ0) is 16.1. The van der Waals surface area contributed by atoms with Crippen LogP contribution in [0.15, 0.2) is 5.38 Å². The first kappa shape index (κ1) is 16.7. The van der Waals surface area contributed by atoms with Gasteiger partial charge in [0, 0.05) is 44.6 Å². The van der Waals surface area contributed by atoms with Crippen molar-refractivity contribution in [2.24, 2.45) is 0 Å². The molecular weight excluding hydrogens is 312 g/mol. The van der Waals surface area contributed by atoms with E-state index in [1.807, 2.05) is 12.4 Å². The average Bonchev–Trinajstić information content (AvgIpc) is 3.10. The fraction of sp³-hybridized carbons (Fsp3) is 0.750. The number of nitrogens with one attached hydrogen (secondary N) is 1. The van der Waals surface area contributed by atoms with Gasteiger partial charge in [-0.05, 0) is 25.7 Å². The van der Waals surface area contributed by atoms with E-state index < -0.39 is 0 Å². The van der Waals surface area contributed by atoms with Crippen LogP contribution in [0.3, 0.4) is 0 Å². The lowest BCUT2D eigenvalue weighted by atomic mass is 9.98. The van der Waals surface area contributed by atoms with E-state index in [0.29, 0.717) is 11.7 Å². The van der Waals surface area contributed by atoms with Crippen LogP contribution in [0.5, 0.6) is 0 Å². The number of carbonyl (C=O) groups excluding carboxylic acids is 1. The predicted molar refractivity (Wildman–Crippen MR) is 92.2 cm³/mol. The summed E-state index contributed by atoms with van der Waals surface area (Å²) in [6, 6.07) is 0.346. The minimum absolute atomic E-state index is 0.0921. The first-order chi connectivity index (χ1) is 11.3. The van der Waals surface area contributed by atoms with Crippen molar-refractivity contribution in [1.82, 2.24) is 14.8 Å². The predicted octanol–water partition coefficient (Wildman–Crippen LogP) is 1.90. The van der Waals surface area contributed by atoms with Gasteiger partial charge < -0.3 is 15.0 Å². The second-order valence-electron chi connectivity index (χ2n) is 6.18. The third kappa shape index (κ3) is 4.22. The molecule has 1 unspecified atom stereocenters. The van der Waals surface area contributed by atoms with E-state index in [9.17, 15) is 4.79 Å². The number of amides is 1. The van der Waals surface area contributed by atoms with Crippen LogP contribution < -0.4 is 5.32 Å². The quantitative estimate of drug-likeness (QED) is 0.889. The first-order valence-electron chi connectivity index (χ1n) is 8.52. The molecule has 3 heterocycles. The summed E-state index contributed by atoms with van der Waals surface area (Å²) in [4.78, 5) is 21.7. The Morgan fingerprint density at radius 1 is 1.39 bits per heavy atom. The normalized spacial score (nSPS) is 23.0. The molecule has 1 N–H and O–H groups in total. The summed E-state index contributed by atoms with van der Waals surface area (Å²) in [5.74, 6) is 0.0921. The van der Waals surface area contributed by atoms with Gasteiger partial charge in [0.2, 0.25) is 0 Å². The lowest BCUT2D eigenvalue weighted by Crippen LogP contribution is -2.46. The van der Waals surface area contributed by atoms with E-state index in [0.717, 1.165) is 63.8 Å². The van der Waals surface area contributed by atoms with Gasteiger partial charge in [0.1, 0.15) is 5.69 Å². The molecule has 2 saturated heterocycles. The minimum Gasteiger partial charge on any atom is -0.379 e. The van der Waals surface area contributed by atoms with Gasteiger partial charge in [0.15, 0.2) is 5.13 Å². The number of rotatable bonds is 5. The van der Waals surface area contributed by atoms with Gasteiger partial charge in [-0.1, -0.05) is 0 Å². The summed E-state index contributed by atoms with van der Waals surface area (Å²) in [6.45, 7) is 5.60. The molecule has 128 valence electrons. The maximum Gasteiger partial charge on any atom is 0.273 e. The maximum absolute atomic E-state index is 12.8. The van der Waals surface area contributed by atoms with Gasteiger partial charge in [-0.2, -0.15) is 0 Å². The molecule has 6 nitrogen and oxygen atoms in total. The van der Waals surface area contributed by atoms with Crippen LogP contribution >= 0.6 is 11.3 Å². The molecule has 1 aromatic heterocycles. The number of nitrogens with zero attached hydrogens (tertiary/aromatic N) is 3. The third-order valence-corrected chi connectivity index (χ3v) is 5.57. The summed E-state index contributed by atoms with van der Waals surface area (Å²) in [6.07, 6.45) is 4.48. The Bertz CT molecular complexity index is 516. The number of hydrogen-bond donors (Lipinski definition) is 1. The van der Waals surface area contributed by atoms with Crippen LogP contribution in [0.2, 0.25) is 0 Å². The fourth-order valence-electron chi connectivity index (χ4n) is 3.36. The number of ether oxygens (including phenoxy) is 1. The first-order valence-corrected chi connectivity index (χ1v) is 9.40. The van der Waals surface area contributed by atoms with Crippen LogP contribution in [0.25, 0.3) is 0 Å². The van der Waals surface area contributed by atoms with Crippen LogP contribution in [-0.2, 0) is 4.74 Å². The molecule has 1 aromatic rings. The van der Waals surface area contributed by atoms with Gasteiger partial charge in [-0.3, -0.25) is 9.69 Å². The van der Waals surface area contributed by atoms with Crippen molar-refractivity contribution in [1.29, 1.82) is 0 Å². The van der Waals surface area contributed by atoms with Gasteiger partial charge in [0.05, 0.1) is 13.2 Å². The van der Waals surface area contributed by atoms with E-state index in [-0.39, 0.29) is 5.91 Å². The summed E-state index contributed by atoms with van der Waals surface area (Å²) < 4.78 is 5.40.